The number of carbonyl (C=O) groups is 1. The van der Waals surface area contributed by atoms with Gasteiger partial charge in [-0.3, -0.25) is 14.7 Å². The number of likely N-dealkylation sites (tertiary alicyclic amines) is 2. The number of aromatic nitrogens is 2. The predicted molar refractivity (Wildman–Crippen MR) is 93.8 cm³/mol. The van der Waals surface area contributed by atoms with E-state index in [0.717, 1.165) is 45.6 Å². The Hall–Kier alpha value is -1.79. The summed E-state index contributed by atoms with van der Waals surface area (Å²) >= 11 is 1.74. The summed E-state index contributed by atoms with van der Waals surface area (Å²) in [6, 6.07) is 3.68. The average molecular weight is 342 g/mol. The Kier molecular flexibility index (Phi) is 4.33. The summed E-state index contributed by atoms with van der Waals surface area (Å²) in [5, 5.41) is 3.25. The molecular formula is C18H22N4OS. The molecule has 2 aliphatic rings. The summed E-state index contributed by atoms with van der Waals surface area (Å²) < 4.78 is 0. The first-order chi connectivity index (χ1) is 11.7. The van der Waals surface area contributed by atoms with E-state index in [1.807, 2.05) is 28.6 Å². The highest BCUT2D eigenvalue weighted by Crippen LogP contribution is 2.41. The molecule has 0 radical (unpaired) electrons. The number of nitrogens with zero attached hydrogens (tertiary/aromatic N) is 4. The van der Waals surface area contributed by atoms with Gasteiger partial charge in [-0.2, -0.15) is 0 Å². The molecule has 126 valence electrons. The van der Waals surface area contributed by atoms with Crippen molar-refractivity contribution < 1.29 is 4.79 Å². The van der Waals surface area contributed by atoms with Crippen LogP contribution in [0.5, 0.6) is 0 Å². The second kappa shape index (κ2) is 6.61. The lowest BCUT2D eigenvalue weighted by atomic mass is 9.77. The summed E-state index contributed by atoms with van der Waals surface area (Å²) in [6.45, 7) is 4.98. The molecule has 6 heteroatoms. The molecule has 2 aromatic heterocycles. The Morgan fingerprint density at radius 1 is 1.21 bits per heavy atom. The Bertz CT molecular complexity index is 680. The average Bonchev–Trinajstić information content (AvgIpc) is 3.27. The minimum atomic E-state index is 0.121. The van der Waals surface area contributed by atoms with Gasteiger partial charge < -0.3 is 4.90 Å². The molecule has 1 amide bonds. The molecule has 0 aliphatic carbocycles. The van der Waals surface area contributed by atoms with Crippen molar-refractivity contribution in [2.75, 3.05) is 26.2 Å². The van der Waals surface area contributed by atoms with Gasteiger partial charge in [0.1, 0.15) is 5.01 Å². The van der Waals surface area contributed by atoms with Crippen LogP contribution in [0.4, 0.5) is 0 Å². The quantitative estimate of drug-likeness (QED) is 0.860. The first-order valence-corrected chi connectivity index (χ1v) is 9.42. The molecule has 2 fully saturated rings. The molecule has 0 atom stereocenters. The van der Waals surface area contributed by atoms with Crippen LogP contribution in [0.3, 0.4) is 0 Å². The van der Waals surface area contributed by atoms with E-state index < -0.39 is 0 Å². The third-order valence-electron chi connectivity index (χ3n) is 5.38. The summed E-state index contributed by atoms with van der Waals surface area (Å²) in [6.07, 6.45) is 8.71. The maximum atomic E-state index is 12.5. The van der Waals surface area contributed by atoms with Crippen LogP contribution in [-0.2, 0) is 6.54 Å². The molecular weight excluding hydrogens is 320 g/mol. The van der Waals surface area contributed by atoms with E-state index in [1.54, 1.807) is 23.7 Å². The fraction of sp³-hybridized carbons (Fsp3) is 0.500. The zero-order valence-corrected chi connectivity index (χ0v) is 14.5. The second-order valence-electron chi connectivity index (χ2n) is 6.92. The number of pyridine rings is 1. The Morgan fingerprint density at radius 2 is 2.04 bits per heavy atom. The maximum Gasteiger partial charge on any atom is 0.255 e. The summed E-state index contributed by atoms with van der Waals surface area (Å²) in [7, 11) is 0. The van der Waals surface area contributed by atoms with Crippen molar-refractivity contribution in [3.05, 3.63) is 46.7 Å². The fourth-order valence-corrected chi connectivity index (χ4v) is 4.61. The zero-order chi connectivity index (χ0) is 16.4. The van der Waals surface area contributed by atoms with Crippen molar-refractivity contribution in [3.63, 3.8) is 0 Å². The molecule has 0 unspecified atom stereocenters. The van der Waals surface area contributed by atoms with Crippen LogP contribution >= 0.6 is 11.3 Å². The van der Waals surface area contributed by atoms with Crippen molar-refractivity contribution >= 4 is 17.2 Å². The summed E-state index contributed by atoms with van der Waals surface area (Å²) in [5.74, 6) is 0.121. The Labute approximate surface area is 146 Å². The molecule has 2 aromatic rings. The van der Waals surface area contributed by atoms with Crippen LogP contribution in [0.1, 0.15) is 34.6 Å². The predicted octanol–water partition coefficient (Wildman–Crippen LogP) is 2.67. The third-order valence-corrected chi connectivity index (χ3v) is 6.14. The van der Waals surface area contributed by atoms with Crippen LogP contribution in [0.25, 0.3) is 0 Å². The van der Waals surface area contributed by atoms with Crippen LogP contribution in [0.2, 0.25) is 0 Å². The van der Waals surface area contributed by atoms with E-state index in [-0.39, 0.29) is 5.91 Å². The number of hydrogen-bond donors (Lipinski definition) is 0. The Balaban J connectivity index is 1.34. The molecule has 0 N–H and O–H groups in total. The highest BCUT2D eigenvalue weighted by molar-refractivity contribution is 7.09. The molecule has 0 aromatic carbocycles. The van der Waals surface area contributed by atoms with E-state index >= 15 is 0 Å². The van der Waals surface area contributed by atoms with Crippen LogP contribution < -0.4 is 0 Å². The number of piperidine rings is 1. The zero-order valence-electron chi connectivity index (χ0n) is 13.7. The molecule has 24 heavy (non-hydrogen) atoms. The van der Waals surface area contributed by atoms with E-state index in [9.17, 15) is 4.79 Å². The van der Waals surface area contributed by atoms with Crippen LogP contribution in [0, 0.1) is 5.41 Å². The van der Waals surface area contributed by atoms with Crippen molar-refractivity contribution in [3.8, 4) is 0 Å². The monoisotopic (exact) mass is 342 g/mol. The first kappa shape index (κ1) is 15.7. The third kappa shape index (κ3) is 3.21. The summed E-state index contributed by atoms with van der Waals surface area (Å²) in [4.78, 5) is 25.5. The lowest BCUT2D eigenvalue weighted by Crippen LogP contribution is -2.44. The van der Waals surface area contributed by atoms with Crippen LogP contribution in [-0.4, -0.2) is 51.9 Å². The fourth-order valence-electron chi connectivity index (χ4n) is 3.95. The first-order valence-electron chi connectivity index (χ1n) is 8.54. The molecule has 0 bridgehead atoms. The van der Waals surface area contributed by atoms with Gasteiger partial charge in [0.05, 0.1) is 12.1 Å². The van der Waals surface area contributed by atoms with Crippen LogP contribution in [0.15, 0.2) is 36.1 Å². The van der Waals surface area contributed by atoms with Crippen molar-refractivity contribution in [2.45, 2.75) is 25.8 Å². The molecule has 4 heterocycles. The molecule has 2 saturated heterocycles. The number of amides is 1. The molecule has 4 rings (SSSR count). The maximum absolute atomic E-state index is 12.5. The van der Waals surface area contributed by atoms with Gasteiger partial charge >= 0.3 is 0 Å². The SMILES string of the molecule is O=C(c1cccnc1)N1CCC2(CCN(Cc3nccs3)C2)CC1. The summed E-state index contributed by atoms with van der Waals surface area (Å²) in [5.41, 5.74) is 1.09. The molecule has 1 spiro atoms. The number of carbonyl (C=O) groups excluding carboxylic acids is 1. The number of hydrogen-bond acceptors (Lipinski definition) is 5. The molecule has 5 nitrogen and oxygen atoms in total. The van der Waals surface area contributed by atoms with Gasteiger partial charge in [0.2, 0.25) is 0 Å². The van der Waals surface area contributed by atoms with Gasteiger partial charge in [-0.05, 0) is 43.4 Å². The highest BCUT2D eigenvalue weighted by atomic mass is 32.1. The van der Waals surface area contributed by atoms with Gasteiger partial charge in [0, 0.05) is 43.6 Å². The number of rotatable bonds is 3. The van der Waals surface area contributed by atoms with Crippen molar-refractivity contribution in [1.82, 2.24) is 19.8 Å². The van der Waals surface area contributed by atoms with Crippen molar-refractivity contribution in [1.29, 1.82) is 0 Å². The number of thiazole rings is 1. The second-order valence-corrected chi connectivity index (χ2v) is 7.90. The normalized spacial score (nSPS) is 20.6. The van der Waals surface area contributed by atoms with E-state index in [0.29, 0.717) is 11.0 Å². The van der Waals surface area contributed by atoms with Gasteiger partial charge in [0.15, 0.2) is 0 Å². The smallest absolute Gasteiger partial charge is 0.255 e. The largest absolute Gasteiger partial charge is 0.339 e. The lowest BCUT2D eigenvalue weighted by Gasteiger charge is -2.39. The highest BCUT2D eigenvalue weighted by Gasteiger charge is 2.41. The molecule has 0 saturated carbocycles. The van der Waals surface area contributed by atoms with Gasteiger partial charge in [-0.25, -0.2) is 4.98 Å². The van der Waals surface area contributed by atoms with E-state index in [4.69, 9.17) is 0 Å². The van der Waals surface area contributed by atoms with E-state index in [1.165, 1.54) is 11.4 Å². The molecule has 2 aliphatic heterocycles. The Morgan fingerprint density at radius 3 is 2.75 bits per heavy atom. The van der Waals surface area contributed by atoms with Gasteiger partial charge in [-0.15, -0.1) is 11.3 Å². The lowest BCUT2D eigenvalue weighted by molar-refractivity contribution is 0.0587. The van der Waals surface area contributed by atoms with Gasteiger partial charge in [-0.1, -0.05) is 0 Å². The van der Waals surface area contributed by atoms with Gasteiger partial charge in [0.25, 0.3) is 5.91 Å². The topological polar surface area (TPSA) is 49.3 Å². The van der Waals surface area contributed by atoms with Crippen molar-refractivity contribution in [2.24, 2.45) is 5.41 Å². The minimum absolute atomic E-state index is 0.121. The minimum Gasteiger partial charge on any atom is -0.339 e. The standard InChI is InChI=1S/C18H22N4OS/c23-17(15-2-1-6-19-12-15)22-9-4-18(5-10-22)3-8-21(14-18)13-16-20-7-11-24-16/h1-2,6-7,11-12H,3-5,8-10,13-14H2. The van der Waals surface area contributed by atoms with E-state index in [2.05, 4.69) is 14.9 Å².